The summed E-state index contributed by atoms with van der Waals surface area (Å²) in [5, 5.41) is 0. The molecule has 0 aliphatic heterocycles. The Bertz CT molecular complexity index is 352. The monoisotopic (exact) mass is 220 g/mol. The summed E-state index contributed by atoms with van der Waals surface area (Å²) in [5.41, 5.74) is 1.29. The molecular weight excluding hydrogens is 204 g/mol. The zero-order valence-corrected chi connectivity index (χ0v) is 10.1. The van der Waals surface area contributed by atoms with E-state index < -0.39 is 0 Å². The summed E-state index contributed by atoms with van der Waals surface area (Å²) >= 11 is 1.86. The van der Waals surface area contributed by atoms with Crippen LogP contribution in [0.4, 0.5) is 0 Å². The third kappa shape index (κ3) is 3.89. The Morgan fingerprint density at radius 3 is 2.93 bits per heavy atom. The molecule has 0 heterocycles. The van der Waals surface area contributed by atoms with Gasteiger partial charge >= 0.3 is 0 Å². The van der Waals surface area contributed by atoms with Gasteiger partial charge < -0.3 is 4.74 Å². The molecule has 1 rings (SSSR count). The Hall–Kier alpha value is -1.07. The minimum absolute atomic E-state index is 0.334. The Balaban J connectivity index is 2.72. The average Bonchev–Trinajstić information content (AvgIpc) is 2.26. The van der Waals surface area contributed by atoms with E-state index in [2.05, 4.69) is 31.9 Å². The highest BCUT2D eigenvalue weighted by atomic mass is 32.2. The molecule has 80 valence electrons. The van der Waals surface area contributed by atoms with Gasteiger partial charge in [0.2, 0.25) is 0 Å². The number of aryl methyl sites for hydroxylation is 1. The Morgan fingerprint density at radius 2 is 2.27 bits per heavy atom. The Kier molecular flexibility index (Phi) is 5.14. The van der Waals surface area contributed by atoms with Crippen LogP contribution in [0.2, 0.25) is 0 Å². The fourth-order valence-electron chi connectivity index (χ4n) is 1.16. The molecule has 0 unspecified atom stereocenters. The van der Waals surface area contributed by atoms with E-state index in [-0.39, 0.29) is 0 Å². The summed E-state index contributed by atoms with van der Waals surface area (Å²) in [5.74, 6) is 4.46. The number of hydrogen-bond acceptors (Lipinski definition) is 2. The molecule has 0 radical (unpaired) electrons. The van der Waals surface area contributed by atoms with Gasteiger partial charge in [0.25, 0.3) is 0 Å². The first kappa shape index (κ1) is 12.0. The average molecular weight is 220 g/mol. The molecule has 2 heteroatoms. The molecule has 0 bridgehead atoms. The molecule has 1 nitrogen and oxygen atoms in total. The van der Waals surface area contributed by atoms with Crippen LogP contribution in [0.5, 0.6) is 5.75 Å². The standard InChI is InChI=1S/C13H16OS/c1-4-8-14-12-7-6-11(3)13(10-12)15-9-5-2/h1,6-7,10H,5,8-9H2,2-3H3. The number of ether oxygens (including phenoxy) is 1. The topological polar surface area (TPSA) is 9.23 Å². The van der Waals surface area contributed by atoms with E-state index in [4.69, 9.17) is 11.2 Å². The van der Waals surface area contributed by atoms with E-state index >= 15 is 0 Å². The van der Waals surface area contributed by atoms with Gasteiger partial charge in [-0.2, -0.15) is 0 Å². The lowest BCUT2D eigenvalue weighted by molar-refractivity contribution is 0.369. The summed E-state index contributed by atoms with van der Waals surface area (Å²) in [6.07, 6.45) is 6.32. The fraction of sp³-hybridized carbons (Fsp3) is 0.385. The smallest absolute Gasteiger partial charge is 0.148 e. The van der Waals surface area contributed by atoms with Crippen molar-refractivity contribution in [3.05, 3.63) is 23.8 Å². The van der Waals surface area contributed by atoms with Crippen LogP contribution in [-0.4, -0.2) is 12.4 Å². The van der Waals surface area contributed by atoms with E-state index in [1.54, 1.807) is 0 Å². The Labute approximate surface area is 96.2 Å². The van der Waals surface area contributed by atoms with Crippen molar-refractivity contribution < 1.29 is 4.74 Å². The Morgan fingerprint density at radius 1 is 1.47 bits per heavy atom. The molecule has 1 aromatic rings. The van der Waals surface area contributed by atoms with Crippen LogP contribution in [0, 0.1) is 19.3 Å². The van der Waals surface area contributed by atoms with Gasteiger partial charge in [-0.25, -0.2) is 0 Å². The number of rotatable bonds is 5. The summed E-state index contributed by atoms with van der Waals surface area (Å²) in [4.78, 5) is 1.28. The largest absolute Gasteiger partial charge is 0.481 e. The van der Waals surface area contributed by atoms with E-state index in [9.17, 15) is 0 Å². The van der Waals surface area contributed by atoms with E-state index in [1.165, 1.54) is 16.9 Å². The van der Waals surface area contributed by atoms with Crippen LogP contribution >= 0.6 is 11.8 Å². The van der Waals surface area contributed by atoms with Crippen molar-refractivity contribution in [3.63, 3.8) is 0 Å². The first-order valence-electron chi connectivity index (χ1n) is 5.07. The third-order valence-electron chi connectivity index (χ3n) is 1.94. The number of thioether (sulfide) groups is 1. The van der Waals surface area contributed by atoms with Crippen LogP contribution in [-0.2, 0) is 0 Å². The van der Waals surface area contributed by atoms with Gasteiger partial charge in [0.15, 0.2) is 0 Å². The molecule has 1 aromatic carbocycles. The fourth-order valence-corrected chi connectivity index (χ4v) is 2.08. The molecule has 0 saturated heterocycles. The predicted octanol–water partition coefficient (Wildman–Crippen LogP) is 3.51. The lowest BCUT2D eigenvalue weighted by Gasteiger charge is -2.08. The first-order chi connectivity index (χ1) is 7.27. The van der Waals surface area contributed by atoms with Crippen LogP contribution in [0.3, 0.4) is 0 Å². The van der Waals surface area contributed by atoms with Gasteiger partial charge in [0.1, 0.15) is 12.4 Å². The van der Waals surface area contributed by atoms with Crippen LogP contribution in [0.1, 0.15) is 18.9 Å². The highest BCUT2D eigenvalue weighted by Crippen LogP contribution is 2.27. The summed E-state index contributed by atoms with van der Waals surface area (Å²) in [6, 6.07) is 6.10. The van der Waals surface area contributed by atoms with Crippen molar-refractivity contribution in [1.29, 1.82) is 0 Å². The number of benzene rings is 1. The quantitative estimate of drug-likeness (QED) is 0.555. The first-order valence-corrected chi connectivity index (χ1v) is 6.06. The summed E-state index contributed by atoms with van der Waals surface area (Å²) < 4.78 is 5.38. The minimum atomic E-state index is 0.334. The molecule has 0 fully saturated rings. The van der Waals surface area contributed by atoms with E-state index in [0.29, 0.717) is 6.61 Å². The minimum Gasteiger partial charge on any atom is -0.481 e. The second kappa shape index (κ2) is 6.42. The molecule has 15 heavy (non-hydrogen) atoms. The second-order valence-electron chi connectivity index (χ2n) is 3.27. The lowest BCUT2D eigenvalue weighted by Crippen LogP contribution is -1.94. The molecule has 0 amide bonds. The van der Waals surface area contributed by atoms with Gasteiger partial charge in [0, 0.05) is 4.90 Å². The third-order valence-corrected chi connectivity index (χ3v) is 3.31. The van der Waals surface area contributed by atoms with Gasteiger partial charge in [-0.05, 0) is 36.8 Å². The molecule has 0 spiro atoms. The van der Waals surface area contributed by atoms with Crippen molar-refractivity contribution in [2.45, 2.75) is 25.2 Å². The normalized spacial score (nSPS) is 9.67. The molecule has 0 saturated carbocycles. The van der Waals surface area contributed by atoms with Crippen LogP contribution < -0.4 is 4.74 Å². The predicted molar refractivity (Wildman–Crippen MR) is 66.5 cm³/mol. The second-order valence-corrected chi connectivity index (χ2v) is 4.41. The summed E-state index contributed by atoms with van der Waals surface area (Å²) in [6.45, 7) is 4.63. The van der Waals surface area contributed by atoms with Gasteiger partial charge in [-0.15, -0.1) is 18.2 Å². The van der Waals surface area contributed by atoms with Crippen molar-refractivity contribution in [2.75, 3.05) is 12.4 Å². The zero-order valence-electron chi connectivity index (χ0n) is 9.25. The molecular formula is C13H16OS. The molecule has 0 aromatic heterocycles. The highest BCUT2D eigenvalue weighted by Gasteiger charge is 2.01. The number of terminal acetylenes is 1. The van der Waals surface area contributed by atoms with Crippen LogP contribution in [0.25, 0.3) is 0 Å². The number of hydrogen-bond donors (Lipinski definition) is 0. The van der Waals surface area contributed by atoms with Crippen molar-refractivity contribution in [3.8, 4) is 18.1 Å². The van der Waals surface area contributed by atoms with Crippen LogP contribution in [0.15, 0.2) is 23.1 Å². The summed E-state index contributed by atoms with van der Waals surface area (Å²) in [7, 11) is 0. The van der Waals surface area contributed by atoms with Crippen molar-refractivity contribution >= 4 is 11.8 Å². The molecule has 0 N–H and O–H groups in total. The maximum Gasteiger partial charge on any atom is 0.148 e. The maximum absolute atomic E-state index is 5.38. The SMILES string of the molecule is C#CCOc1ccc(C)c(SCCC)c1. The lowest BCUT2D eigenvalue weighted by atomic mass is 10.2. The van der Waals surface area contributed by atoms with Gasteiger partial charge in [-0.1, -0.05) is 18.9 Å². The highest BCUT2D eigenvalue weighted by molar-refractivity contribution is 7.99. The van der Waals surface area contributed by atoms with Crippen molar-refractivity contribution in [2.24, 2.45) is 0 Å². The molecule has 0 atom stereocenters. The van der Waals surface area contributed by atoms with Gasteiger partial charge in [-0.3, -0.25) is 0 Å². The van der Waals surface area contributed by atoms with E-state index in [0.717, 1.165) is 11.5 Å². The van der Waals surface area contributed by atoms with Crippen molar-refractivity contribution in [1.82, 2.24) is 0 Å². The van der Waals surface area contributed by atoms with Gasteiger partial charge in [0.05, 0.1) is 0 Å². The maximum atomic E-state index is 5.38. The zero-order chi connectivity index (χ0) is 11.1. The molecule has 0 aliphatic carbocycles. The van der Waals surface area contributed by atoms with E-state index in [1.807, 2.05) is 17.8 Å². The molecule has 0 aliphatic rings.